The first-order valence-electron chi connectivity index (χ1n) is 7.18. The van der Waals surface area contributed by atoms with E-state index in [4.69, 9.17) is 4.74 Å². The predicted molar refractivity (Wildman–Crippen MR) is 81.4 cm³/mol. The summed E-state index contributed by atoms with van der Waals surface area (Å²) in [6.07, 6.45) is 3.13. The van der Waals surface area contributed by atoms with Crippen molar-refractivity contribution in [2.24, 2.45) is 4.99 Å². The van der Waals surface area contributed by atoms with E-state index in [1.807, 2.05) is 20.8 Å². The van der Waals surface area contributed by atoms with Crippen LogP contribution < -0.4 is 5.32 Å². The number of aliphatic imine (C=N–C) groups is 1. The van der Waals surface area contributed by atoms with E-state index in [1.165, 1.54) is 0 Å². The maximum Gasteiger partial charge on any atom is 0.434 e. The molecule has 0 bridgehead atoms. The van der Waals surface area contributed by atoms with E-state index in [9.17, 15) is 9.59 Å². The van der Waals surface area contributed by atoms with Gasteiger partial charge in [0.05, 0.1) is 0 Å². The summed E-state index contributed by atoms with van der Waals surface area (Å²) in [5.74, 6) is 0.248. The SMILES string of the molecule is CC(=O)CCCCCNC/C(C)=N\C(=O)OC(C)(C)C. The Morgan fingerprint density at radius 2 is 1.75 bits per heavy atom. The molecule has 0 aromatic carbocycles. The molecule has 116 valence electrons. The lowest BCUT2D eigenvalue weighted by Crippen LogP contribution is -2.25. The van der Waals surface area contributed by atoms with Crippen LogP contribution in [0.2, 0.25) is 0 Å². The molecule has 0 aliphatic rings. The molecule has 0 atom stereocenters. The van der Waals surface area contributed by atoms with Gasteiger partial charge in [-0.1, -0.05) is 6.42 Å². The van der Waals surface area contributed by atoms with Gasteiger partial charge < -0.3 is 14.8 Å². The Bertz CT molecular complexity index is 344. The number of ether oxygens (including phenoxy) is 1. The van der Waals surface area contributed by atoms with Gasteiger partial charge in [-0.25, -0.2) is 4.79 Å². The molecule has 1 N–H and O–H groups in total. The Balaban J connectivity index is 3.69. The van der Waals surface area contributed by atoms with Crippen molar-refractivity contribution in [3.05, 3.63) is 0 Å². The van der Waals surface area contributed by atoms with Crippen molar-refractivity contribution < 1.29 is 14.3 Å². The molecule has 0 saturated carbocycles. The number of nitrogens with zero attached hydrogens (tertiary/aromatic N) is 1. The molecule has 0 heterocycles. The van der Waals surface area contributed by atoms with Crippen LogP contribution in [0.25, 0.3) is 0 Å². The quantitative estimate of drug-likeness (QED) is 0.549. The Hall–Kier alpha value is -1.23. The number of carbonyl (C=O) groups excluding carboxylic acids is 2. The highest BCUT2D eigenvalue weighted by Gasteiger charge is 2.15. The van der Waals surface area contributed by atoms with Crippen LogP contribution in [-0.2, 0) is 9.53 Å². The number of ketones is 1. The lowest BCUT2D eigenvalue weighted by atomic mass is 10.1. The number of hydrogen-bond donors (Lipinski definition) is 1. The van der Waals surface area contributed by atoms with Crippen molar-refractivity contribution in [1.82, 2.24) is 5.32 Å². The Labute approximate surface area is 122 Å². The minimum Gasteiger partial charge on any atom is -0.442 e. The molecular weight excluding hydrogens is 256 g/mol. The van der Waals surface area contributed by atoms with E-state index in [0.29, 0.717) is 18.7 Å². The van der Waals surface area contributed by atoms with Crippen molar-refractivity contribution in [2.75, 3.05) is 13.1 Å². The monoisotopic (exact) mass is 284 g/mol. The van der Waals surface area contributed by atoms with Crippen LogP contribution in [0.3, 0.4) is 0 Å². The van der Waals surface area contributed by atoms with E-state index in [-0.39, 0.29) is 5.78 Å². The average molecular weight is 284 g/mol. The van der Waals surface area contributed by atoms with Gasteiger partial charge in [-0.15, -0.1) is 0 Å². The number of amides is 1. The molecule has 0 unspecified atom stereocenters. The lowest BCUT2D eigenvalue weighted by molar-refractivity contribution is -0.117. The molecule has 0 aliphatic carbocycles. The highest BCUT2D eigenvalue weighted by atomic mass is 16.6. The second-order valence-corrected chi connectivity index (χ2v) is 6.02. The van der Waals surface area contributed by atoms with Gasteiger partial charge in [0.15, 0.2) is 0 Å². The topological polar surface area (TPSA) is 67.8 Å². The first-order chi connectivity index (χ1) is 9.20. The standard InChI is InChI=1S/C15H28N2O3/c1-12(17-14(19)20-15(3,4)5)11-16-10-8-6-7-9-13(2)18/h16H,6-11H2,1-5H3/b17-12-. The van der Waals surface area contributed by atoms with Gasteiger partial charge in [0, 0.05) is 18.7 Å². The highest BCUT2D eigenvalue weighted by molar-refractivity contribution is 5.93. The van der Waals surface area contributed by atoms with Gasteiger partial charge in [0.2, 0.25) is 0 Å². The van der Waals surface area contributed by atoms with Crippen LogP contribution >= 0.6 is 0 Å². The predicted octanol–water partition coefficient (Wildman–Crippen LogP) is 3.12. The summed E-state index contributed by atoms with van der Waals surface area (Å²) in [5, 5.41) is 3.22. The maximum absolute atomic E-state index is 11.4. The Morgan fingerprint density at radius 3 is 2.30 bits per heavy atom. The van der Waals surface area contributed by atoms with Gasteiger partial charge in [0.1, 0.15) is 11.4 Å². The fourth-order valence-electron chi connectivity index (χ4n) is 1.55. The number of unbranched alkanes of at least 4 members (excludes halogenated alkanes) is 2. The van der Waals surface area contributed by atoms with Crippen LogP contribution in [0.4, 0.5) is 4.79 Å². The molecule has 0 aliphatic heterocycles. The summed E-state index contributed by atoms with van der Waals surface area (Å²) in [6, 6.07) is 0. The molecule has 20 heavy (non-hydrogen) atoms. The first kappa shape index (κ1) is 18.8. The van der Waals surface area contributed by atoms with Gasteiger partial charge in [0.25, 0.3) is 0 Å². The van der Waals surface area contributed by atoms with Crippen LogP contribution in [0.5, 0.6) is 0 Å². The van der Waals surface area contributed by atoms with E-state index in [1.54, 1.807) is 13.8 Å². The van der Waals surface area contributed by atoms with Crippen molar-refractivity contribution >= 4 is 17.6 Å². The summed E-state index contributed by atoms with van der Waals surface area (Å²) in [6.45, 7) is 10.3. The molecule has 0 aromatic rings. The van der Waals surface area contributed by atoms with Crippen LogP contribution in [0.1, 0.15) is 60.3 Å². The minimum absolute atomic E-state index is 0.248. The summed E-state index contributed by atoms with van der Waals surface area (Å²) in [7, 11) is 0. The van der Waals surface area contributed by atoms with E-state index >= 15 is 0 Å². The van der Waals surface area contributed by atoms with Crippen molar-refractivity contribution in [1.29, 1.82) is 0 Å². The van der Waals surface area contributed by atoms with E-state index in [2.05, 4.69) is 10.3 Å². The molecule has 0 fully saturated rings. The summed E-state index contributed by atoms with van der Waals surface area (Å²) in [5.41, 5.74) is 0.202. The van der Waals surface area contributed by atoms with Gasteiger partial charge in [-0.2, -0.15) is 4.99 Å². The maximum atomic E-state index is 11.4. The molecular formula is C15H28N2O3. The molecule has 0 rings (SSSR count). The number of Topliss-reactive ketones (excluding diaryl/α,β-unsaturated/α-hetero) is 1. The molecule has 0 radical (unpaired) electrons. The third kappa shape index (κ3) is 13.2. The summed E-state index contributed by atoms with van der Waals surface area (Å²) in [4.78, 5) is 26.1. The smallest absolute Gasteiger partial charge is 0.434 e. The molecule has 5 heteroatoms. The second-order valence-electron chi connectivity index (χ2n) is 6.02. The number of rotatable bonds is 8. The second kappa shape index (κ2) is 9.64. The van der Waals surface area contributed by atoms with Crippen molar-refractivity contribution in [3.8, 4) is 0 Å². The fourth-order valence-corrected chi connectivity index (χ4v) is 1.55. The molecule has 0 aromatic heterocycles. The zero-order valence-corrected chi connectivity index (χ0v) is 13.4. The zero-order chi connectivity index (χ0) is 15.6. The highest BCUT2D eigenvalue weighted by Crippen LogP contribution is 2.07. The minimum atomic E-state index is -0.543. The number of nitrogens with one attached hydrogen (secondary N) is 1. The molecule has 0 saturated heterocycles. The van der Waals surface area contributed by atoms with Gasteiger partial charge in [-0.05, 0) is 54.0 Å². The average Bonchev–Trinajstić information content (AvgIpc) is 2.24. The molecule has 0 spiro atoms. The first-order valence-corrected chi connectivity index (χ1v) is 7.18. The largest absolute Gasteiger partial charge is 0.442 e. The Kier molecular flexibility index (Phi) is 9.05. The van der Waals surface area contributed by atoms with Crippen LogP contribution in [0, 0.1) is 0 Å². The third-order valence-corrected chi connectivity index (χ3v) is 2.44. The van der Waals surface area contributed by atoms with E-state index in [0.717, 1.165) is 25.8 Å². The van der Waals surface area contributed by atoms with Crippen molar-refractivity contribution in [3.63, 3.8) is 0 Å². The Morgan fingerprint density at radius 1 is 1.10 bits per heavy atom. The van der Waals surface area contributed by atoms with Crippen LogP contribution in [-0.4, -0.2) is 36.3 Å². The zero-order valence-electron chi connectivity index (χ0n) is 13.4. The van der Waals surface area contributed by atoms with Gasteiger partial charge >= 0.3 is 6.09 Å². The molecule has 5 nitrogen and oxygen atoms in total. The lowest BCUT2D eigenvalue weighted by Gasteiger charge is -2.17. The number of carbonyl (C=O) groups is 2. The fraction of sp³-hybridized carbons (Fsp3) is 0.800. The van der Waals surface area contributed by atoms with Crippen molar-refractivity contribution in [2.45, 2.75) is 65.9 Å². The third-order valence-electron chi connectivity index (χ3n) is 2.44. The normalized spacial score (nSPS) is 12.3. The summed E-state index contributed by atoms with van der Waals surface area (Å²) >= 11 is 0. The van der Waals surface area contributed by atoms with Crippen LogP contribution in [0.15, 0.2) is 4.99 Å². The molecule has 1 amide bonds. The van der Waals surface area contributed by atoms with Gasteiger partial charge in [-0.3, -0.25) is 0 Å². The number of hydrogen-bond acceptors (Lipinski definition) is 4. The summed E-state index contributed by atoms with van der Waals surface area (Å²) < 4.78 is 5.10. The van der Waals surface area contributed by atoms with E-state index < -0.39 is 11.7 Å².